The van der Waals surface area contributed by atoms with Gasteiger partial charge in [0.15, 0.2) is 0 Å². The first-order valence-electron chi connectivity index (χ1n) is 22.1. The highest BCUT2D eigenvalue weighted by Gasteiger charge is 2.64. The van der Waals surface area contributed by atoms with Crippen LogP contribution in [0.1, 0.15) is 85.2 Å². The third kappa shape index (κ3) is 7.63. The van der Waals surface area contributed by atoms with Crippen molar-refractivity contribution in [2.45, 2.75) is 78.1 Å². The third-order valence-corrected chi connectivity index (χ3v) is 14.3. The van der Waals surface area contributed by atoms with Crippen LogP contribution in [-0.2, 0) is 16.1 Å². The largest absolute Gasteiger partial charge is 0.488 e. The van der Waals surface area contributed by atoms with Crippen molar-refractivity contribution in [2.75, 3.05) is 55.6 Å². The van der Waals surface area contributed by atoms with Gasteiger partial charge < -0.3 is 29.7 Å². The molecular weight excluding hydrogens is 823 g/mol. The van der Waals surface area contributed by atoms with Crippen LogP contribution < -0.4 is 30.7 Å². The number of rotatable bonds is 9. The second-order valence-corrected chi connectivity index (χ2v) is 19.1. The van der Waals surface area contributed by atoms with Gasteiger partial charge in [0.1, 0.15) is 35.6 Å². The lowest BCUT2D eigenvalue weighted by molar-refractivity contribution is -0.163. The number of aromatic nitrogens is 1. The summed E-state index contributed by atoms with van der Waals surface area (Å²) in [5.41, 5.74) is 1.46. The first-order valence-corrected chi connectivity index (χ1v) is 22.1. The fourth-order valence-corrected chi connectivity index (χ4v) is 11.2. The highest BCUT2D eigenvalue weighted by Crippen LogP contribution is 2.56. The van der Waals surface area contributed by atoms with Crippen molar-refractivity contribution in [2.24, 2.45) is 16.7 Å². The molecular formula is C48H52F2N8O6. The van der Waals surface area contributed by atoms with Gasteiger partial charge in [-0.15, -0.1) is 0 Å². The Kier molecular flexibility index (Phi) is 11.0. The molecule has 4 fully saturated rings. The molecule has 9 rings (SSSR count). The lowest BCUT2D eigenvalue weighted by atomic mass is 9.49. The minimum absolute atomic E-state index is 0.155. The van der Waals surface area contributed by atoms with Crippen LogP contribution in [0.3, 0.4) is 0 Å². The molecule has 16 heteroatoms. The van der Waals surface area contributed by atoms with Crippen LogP contribution >= 0.6 is 0 Å². The summed E-state index contributed by atoms with van der Waals surface area (Å²) >= 11 is 0. The van der Waals surface area contributed by atoms with Gasteiger partial charge in [-0.05, 0) is 79.3 Å². The van der Waals surface area contributed by atoms with E-state index in [0.717, 1.165) is 32.5 Å². The number of halogens is 2. The summed E-state index contributed by atoms with van der Waals surface area (Å²) in [7, 11) is 0. The van der Waals surface area contributed by atoms with Crippen molar-refractivity contribution in [3.05, 3.63) is 98.8 Å². The Balaban J connectivity index is 0.758. The maximum atomic E-state index is 15.8. The number of H-pyrrole nitrogens is 1. The van der Waals surface area contributed by atoms with Crippen LogP contribution in [0.2, 0.25) is 0 Å². The Morgan fingerprint density at radius 2 is 1.56 bits per heavy atom. The van der Waals surface area contributed by atoms with Crippen molar-refractivity contribution in [3.63, 3.8) is 0 Å². The predicted octanol–water partition coefficient (Wildman–Crippen LogP) is 5.09. The maximum absolute atomic E-state index is 15.8. The average Bonchev–Trinajstić information content (AvgIpc) is 3.58. The summed E-state index contributed by atoms with van der Waals surface area (Å²) in [6.07, 6.45) is 1.83. The summed E-state index contributed by atoms with van der Waals surface area (Å²) in [4.78, 5) is 73.5. The smallest absolute Gasteiger partial charge is 0.255 e. The standard InChI is InChI=1S/C48H52F2N8O6/c1-47(2)45(48(3,4)46(47)64-38-10-6-29(24-51)41-31(38)7-11-39(59)52-41)54-42(61)28-5-8-35(33(49)21-28)56-15-13-27(14-16-56)25-55-17-19-57(20-18-55)37-22-30-26-58(44(63)32(30)23-34(37)50)36-9-12-40(60)53-43(36)62/h5-8,10-11,21-23,27,36,45-46H,9,12-20,25-26H2,1-4H3,(H,52,59)(H,54,61)(H,53,60,62). The fraction of sp³-hybridized carbons (Fsp3) is 0.458. The number of piperidine rings is 2. The number of amides is 4. The normalized spacial score (nSPS) is 23.4. The van der Waals surface area contributed by atoms with E-state index >= 15 is 8.78 Å². The van der Waals surface area contributed by atoms with Gasteiger partial charge >= 0.3 is 0 Å². The Labute approximate surface area is 369 Å². The van der Waals surface area contributed by atoms with E-state index in [4.69, 9.17) is 4.74 Å². The molecule has 3 aromatic carbocycles. The quantitative estimate of drug-likeness (QED) is 0.193. The number of anilines is 2. The van der Waals surface area contributed by atoms with E-state index in [9.17, 15) is 29.2 Å². The number of ether oxygens (including phenoxy) is 1. The van der Waals surface area contributed by atoms with E-state index in [-0.39, 0.29) is 60.0 Å². The number of benzene rings is 3. The zero-order chi connectivity index (χ0) is 45.2. The van der Waals surface area contributed by atoms with Crippen molar-refractivity contribution >= 4 is 45.9 Å². The molecule has 1 unspecified atom stereocenters. The van der Waals surface area contributed by atoms with Gasteiger partial charge in [0.25, 0.3) is 11.8 Å². The SMILES string of the molecule is CC1(C)C(NC(=O)c2ccc(N3CCC(CN4CCN(c5cc6c(cc5F)C(=O)N(C5CCC(=O)NC5=O)C6)CC4)CC3)c(F)c2)C(C)(C)C1Oc1ccc(C#N)c2[nH]c(=O)ccc12. The molecule has 1 atom stereocenters. The highest BCUT2D eigenvalue weighted by molar-refractivity contribution is 6.05. The molecule has 4 amide bonds. The van der Waals surface area contributed by atoms with Crippen molar-refractivity contribution in [1.82, 2.24) is 25.4 Å². The number of carbonyl (C=O) groups is 4. The van der Waals surface area contributed by atoms with E-state index in [0.29, 0.717) is 71.3 Å². The number of nitrogens with zero attached hydrogens (tertiary/aromatic N) is 5. The van der Waals surface area contributed by atoms with Crippen LogP contribution in [0.4, 0.5) is 20.2 Å². The van der Waals surface area contributed by atoms with Crippen molar-refractivity contribution in [1.29, 1.82) is 5.26 Å². The average molecular weight is 875 g/mol. The molecule has 3 saturated heterocycles. The van der Waals surface area contributed by atoms with Crippen molar-refractivity contribution in [3.8, 4) is 11.8 Å². The number of hydrogen-bond acceptors (Lipinski definition) is 10. The van der Waals surface area contributed by atoms with Gasteiger partial charge in [-0.3, -0.25) is 34.2 Å². The van der Waals surface area contributed by atoms with Gasteiger partial charge in [-0.2, -0.15) is 5.26 Å². The summed E-state index contributed by atoms with van der Waals surface area (Å²) in [5, 5.41) is 15.6. The maximum Gasteiger partial charge on any atom is 0.255 e. The topological polar surface area (TPSA) is 171 Å². The number of piperazine rings is 1. The number of imide groups is 1. The Bertz CT molecular complexity index is 2660. The molecule has 334 valence electrons. The number of hydrogen-bond donors (Lipinski definition) is 3. The van der Waals surface area contributed by atoms with Crippen LogP contribution in [-0.4, -0.2) is 102 Å². The van der Waals surface area contributed by atoms with E-state index in [1.165, 1.54) is 23.1 Å². The van der Waals surface area contributed by atoms with E-state index in [1.54, 1.807) is 36.4 Å². The van der Waals surface area contributed by atoms with Gasteiger partial charge in [0, 0.05) is 98.2 Å². The molecule has 1 aromatic heterocycles. The molecule has 5 heterocycles. The number of pyridine rings is 1. The molecule has 5 aliphatic rings. The lowest BCUT2D eigenvalue weighted by Gasteiger charge is -2.63. The number of aromatic amines is 1. The minimum Gasteiger partial charge on any atom is -0.488 e. The molecule has 14 nitrogen and oxygen atoms in total. The van der Waals surface area contributed by atoms with E-state index in [2.05, 4.69) is 26.6 Å². The summed E-state index contributed by atoms with van der Waals surface area (Å²) < 4.78 is 37.8. The zero-order valence-corrected chi connectivity index (χ0v) is 36.4. The number of carbonyl (C=O) groups excluding carboxylic acids is 4. The summed E-state index contributed by atoms with van der Waals surface area (Å²) in [5.74, 6) is -1.61. The molecule has 0 bridgehead atoms. The van der Waals surface area contributed by atoms with Crippen LogP contribution in [0.5, 0.6) is 5.75 Å². The second-order valence-electron chi connectivity index (χ2n) is 19.1. The fourth-order valence-electron chi connectivity index (χ4n) is 11.2. The molecule has 4 aromatic rings. The Hall–Kier alpha value is -6.34. The Morgan fingerprint density at radius 3 is 2.25 bits per heavy atom. The zero-order valence-electron chi connectivity index (χ0n) is 36.4. The third-order valence-electron chi connectivity index (χ3n) is 14.3. The summed E-state index contributed by atoms with van der Waals surface area (Å²) in [6.45, 7) is 13.2. The molecule has 0 spiro atoms. The molecule has 1 saturated carbocycles. The van der Waals surface area contributed by atoms with E-state index < -0.39 is 40.3 Å². The number of fused-ring (bicyclic) bond motifs is 2. The van der Waals surface area contributed by atoms with Gasteiger partial charge in [-0.1, -0.05) is 27.7 Å². The Morgan fingerprint density at radius 1 is 0.859 bits per heavy atom. The van der Waals surface area contributed by atoms with Crippen molar-refractivity contribution < 1.29 is 32.7 Å². The van der Waals surface area contributed by atoms with Gasteiger partial charge in [0.2, 0.25) is 17.4 Å². The van der Waals surface area contributed by atoms with Crippen LogP contribution in [0.25, 0.3) is 10.9 Å². The minimum atomic E-state index is -0.754. The first kappa shape index (κ1) is 42.9. The predicted molar refractivity (Wildman–Crippen MR) is 235 cm³/mol. The molecule has 3 N–H and O–H groups in total. The lowest BCUT2D eigenvalue weighted by Crippen LogP contribution is -2.74. The monoisotopic (exact) mass is 874 g/mol. The molecule has 64 heavy (non-hydrogen) atoms. The van der Waals surface area contributed by atoms with Crippen LogP contribution in [0.15, 0.2) is 59.4 Å². The first-order chi connectivity index (χ1) is 30.5. The number of nitrogens with one attached hydrogen (secondary N) is 3. The molecule has 1 aliphatic carbocycles. The highest BCUT2D eigenvalue weighted by atomic mass is 19.1. The van der Waals surface area contributed by atoms with Gasteiger partial charge in [-0.25, -0.2) is 8.78 Å². The van der Waals surface area contributed by atoms with Crippen LogP contribution in [0, 0.1) is 39.7 Å². The van der Waals surface area contributed by atoms with Gasteiger partial charge in [0.05, 0.1) is 22.5 Å². The second kappa shape index (κ2) is 16.3. The number of nitriles is 1. The molecule has 4 aliphatic heterocycles. The molecule has 0 radical (unpaired) electrons. The summed E-state index contributed by atoms with van der Waals surface area (Å²) in [6, 6.07) is 15.1. The van der Waals surface area contributed by atoms with E-state index in [1.807, 2.05) is 37.5 Å².